The van der Waals surface area contributed by atoms with Gasteiger partial charge in [-0.05, 0) is 58.5 Å². The molecule has 1 aliphatic heterocycles. The summed E-state index contributed by atoms with van der Waals surface area (Å²) in [5.74, 6) is -3.48. The average Bonchev–Trinajstić information content (AvgIpc) is 2.84. The standard InChI is InChI=1S/C23H15BrFIN2O4/c24-13-6-8-15(17(25)10-13)20-21(29)27-18-9-7-14(26)11-16(18)22(30)28(20)19(23(31)32)12-4-2-1-3-5-12/h1-11,19-20H,(H,27,29)(H,31,32). The second-order valence-electron chi connectivity index (χ2n) is 7.11. The second-order valence-corrected chi connectivity index (χ2v) is 9.27. The molecular weight excluding hydrogens is 594 g/mol. The zero-order valence-corrected chi connectivity index (χ0v) is 20.0. The van der Waals surface area contributed by atoms with Gasteiger partial charge in [0, 0.05) is 13.6 Å². The molecule has 0 aliphatic carbocycles. The molecule has 9 heteroatoms. The summed E-state index contributed by atoms with van der Waals surface area (Å²) in [4.78, 5) is 40.5. The van der Waals surface area contributed by atoms with Crippen molar-refractivity contribution in [2.24, 2.45) is 0 Å². The molecule has 0 spiro atoms. The lowest BCUT2D eigenvalue weighted by Crippen LogP contribution is -2.44. The van der Waals surface area contributed by atoms with Gasteiger partial charge in [0.2, 0.25) is 0 Å². The van der Waals surface area contributed by atoms with Gasteiger partial charge in [-0.3, -0.25) is 9.59 Å². The van der Waals surface area contributed by atoms with Crippen molar-refractivity contribution >= 4 is 62.0 Å². The number of rotatable bonds is 4. The summed E-state index contributed by atoms with van der Waals surface area (Å²) < 4.78 is 16.2. The number of anilines is 1. The lowest BCUT2D eigenvalue weighted by Gasteiger charge is -2.34. The largest absolute Gasteiger partial charge is 0.479 e. The van der Waals surface area contributed by atoms with Gasteiger partial charge in [-0.15, -0.1) is 0 Å². The highest BCUT2D eigenvalue weighted by Gasteiger charge is 2.44. The fraction of sp³-hybridized carbons (Fsp3) is 0.0870. The minimum atomic E-state index is -1.52. The molecule has 2 amide bonds. The van der Waals surface area contributed by atoms with Crippen LogP contribution in [-0.4, -0.2) is 27.8 Å². The molecule has 0 saturated heterocycles. The van der Waals surface area contributed by atoms with Gasteiger partial charge in [0.25, 0.3) is 11.8 Å². The molecular formula is C23H15BrFIN2O4. The Bertz CT molecular complexity index is 1240. The lowest BCUT2D eigenvalue weighted by molar-refractivity contribution is -0.144. The Morgan fingerprint density at radius 3 is 2.47 bits per heavy atom. The molecule has 3 aromatic rings. The van der Waals surface area contributed by atoms with E-state index in [0.717, 1.165) is 8.47 Å². The molecule has 0 bridgehead atoms. The van der Waals surface area contributed by atoms with E-state index in [1.807, 2.05) is 22.6 Å². The maximum Gasteiger partial charge on any atom is 0.331 e. The quantitative estimate of drug-likeness (QED) is 0.401. The molecule has 2 N–H and O–H groups in total. The van der Waals surface area contributed by atoms with Crippen molar-refractivity contribution in [2.45, 2.75) is 12.1 Å². The van der Waals surface area contributed by atoms with E-state index in [2.05, 4.69) is 21.2 Å². The van der Waals surface area contributed by atoms with Crippen molar-refractivity contribution in [3.8, 4) is 0 Å². The topological polar surface area (TPSA) is 86.7 Å². The first-order valence-electron chi connectivity index (χ1n) is 9.43. The Morgan fingerprint density at radius 1 is 1.09 bits per heavy atom. The zero-order chi connectivity index (χ0) is 23.0. The van der Waals surface area contributed by atoms with Gasteiger partial charge in [0.15, 0.2) is 6.04 Å². The molecule has 2 unspecified atom stereocenters. The Morgan fingerprint density at radius 2 is 1.81 bits per heavy atom. The van der Waals surface area contributed by atoms with Gasteiger partial charge < -0.3 is 15.3 Å². The summed E-state index contributed by atoms with van der Waals surface area (Å²) in [7, 11) is 0. The number of nitrogens with zero attached hydrogens (tertiary/aromatic N) is 1. The van der Waals surface area contributed by atoms with Gasteiger partial charge in [-0.25, -0.2) is 9.18 Å². The first-order chi connectivity index (χ1) is 15.3. The molecule has 3 aromatic carbocycles. The summed E-state index contributed by atoms with van der Waals surface area (Å²) in [5, 5.41) is 12.8. The van der Waals surface area contributed by atoms with Crippen molar-refractivity contribution in [2.75, 3.05) is 5.32 Å². The third kappa shape index (κ3) is 4.14. The number of hydrogen-bond donors (Lipinski definition) is 2. The number of carboxylic acids is 1. The monoisotopic (exact) mass is 608 g/mol. The SMILES string of the molecule is O=C(O)C(c1ccccc1)N1C(=O)c2cc(I)ccc2NC(=O)C1c1ccc(Br)cc1F. The number of amides is 2. The third-order valence-electron chi connectivity index (χ3n) is 5.12. The second kappa shape index (κ2) is 8.99. The van der Waals surface area contributed by atoms with Crippen molar-refractivity contribution < 1.29 is 23.9 Å². The van der Waals surface area contributed by atoms with E-state index in [4.69, 9.17) is 0 Å². The van der Waals surface area contributed by atoms with E-state index >= 15 is 4.39 Å². The van der Waals surface area contributed by atoms with Crippen LogP contribution in [0.5, 0.6) is 0 Å². The predicted octanol–water partition coefficient (Wildman–Crippen LogP) is 5.15. The van der Waals surface area contributed by atoms with Crippen LogP contribution in [0.2, 0.25) is 0 Å². The predicted molar refractivity (Wildman–Crippen MR) is 128 cm³/mol. The summed E-state index contributed by atoms with van der Waals surface area (Å²) >= 11 is 5.21. The Kier molecular flexibility index (Phi) is 6.29. The van der Waals surface area contributed by atoms with Crippen molar-refractivity contribution in [3.05, 3.63) is 97.3 Å². The summed E-state index contributed by atoms with van der Waals surface area (Å²) in [6.45, 7) is 0. The molecule has 2 atom stereocenters. The Hall–Kier alpha value is -2.79. The average molecular weight is 609 g/mol. The van der Waals surface area contributed by atoms with Crippen LogP contribution in [0, 0.1) is 9.39 Å². The molecule has 4 rings (SSSR count). The van der Waals surface area contributed by atoms with Crippen LogP contribution in [0.4, 0.5) is 10.1 Å². The number of halogens is 3. The normalized spacial score (nSPS) is 16.7. The van der Waals surface area contributed by atoms with Crippen LogP contribution in [0.25, 0.3) is 0 Å². The van der Waals surface area contributed by atoms with E-state index in [0.29, 0.717) is 4.47 Å². The molecule has 1 heterocycles. The van der Waals surface area contributed by atoms with Gasteiger partial charge in [0.1, 0.15) is 11.9 Å². The number of carbonyl (C=O) groups is 3. The summed E-state index contributed by atoms with van der Waals surface area (Å²) in [6.07, 6.45) is 0. The molecule has 6 nitrogen and oxygen atoms in total. The van der Waals surface area contributed by atoms with E-state index < -0.39 is 35.7 Å². The van der Waals surface area contributed by atoms with Crippen LogP contribution >= 0.6 is 38.5 Å². The Labute approximate surface area is 204 Å². The summed E-state index contributed by atoms with van der Waals surface area (Å²) in [5.41, 5.74) is 0.552. The minimum Gasteiger partial charge on any atom is -0.479 e. The van der Waals surface area contributed by atoms with Crippen molar-refractivity contribution in [3.63, 3.8) is 0 Å². The first kappa shape index (κ1) is 22.4. The third-order valence-corrected chi connectivity index (χ3v) is 6.28. The molecule has 0 fully saturated rings. The number of aliphatic carboxylic acids is 1. The van der Waals surface area contributed by atoms with Crippen molar-refractivity contribution in [1.82, 2.24) is 4.90 Å². The van der Waals surface area contributed by atoms with Crippen LogP contribution < -0.4 is 5.32 Å². The number of hydrogen-bond acceptors (Lipinski definition) is 3. The Balaban J connectivity index is 1.99. The highest BCUT2D eigenvalue weighted by molar-refractivity contribution is 14.1. The lowest BCUT2D eigenvalue weighted by atomic mass is 9.97. The highest BCUT2D eigenvalue weighted by atomic mass is 127. The summed E-state index contributed by atoms with van der Waals surface area (Å²) in [6, 6.07) is 14.0. The van der Waals surface area contributed by atoms with Gasteiger partial charge in [-0.1, -0.05) is 52.3 Å². The highest BCUT2D eigenvalue weighted by Crippen LogP contribution is 2.39. The van der Waals surface area contributed by atoms with Gasteiger partial charge in [0.05, 0.1) is 11.3 Å². The fourth-order valence-electron chi connectivity index (χ4n) is 3.72. The zero-order valence-electron chi connectivity index (χ0n) is 16.3. The number of nitrogens with one attached hydrogen (secondary N) is 1. The van der Waals surface area contributed by atoms with Crippen molar-refractivity contribution in [1.29, 1.82) is 0 Å². The van der Waals surface area contributed by atoms with Crippen LogP contribution in [0.1, 0.15) is 33.6 Å². The number of carbonyl (C=O) groups excluding carboxylic acids is 2. The molecule has 0 radical (unpaired) electrons. The van der Waals surface area contributed by atoms with E-state index in [1.165, 1.54) is 18.2 Å². The number of benzene rings is 3. The number of carboxylic acid groups (broad SMARTS) is 1. The molecule has 162 valence electrons. The van der Waals surface area contributed by atoms with Crippen LogP contribution in [0.3, 0.4) is 0 Å². The minimum absolute atomic E-state index is 0.108. The molecule has 0 saturated carbocycles. The smallest absolute Gasteiger partial charge is 0.331 e. The fourth-order valence-corrected chi connectivity index (χ4v) is 4.55. The van der Waals surface area contributed by atoms with E-state index in [9.17, 15) is 19.5 Å². The van der Waals surface area contributed by atoms with E-state index in [-0.39, 0.29) is 22.4 Å². The first-order valence-corrected chi connectivity index (χ1v) is 11.3. The maximum absolute atomic E-state index is 15.0. The molecule has 32 heavy (non-hydrogen) atoms. The molecule has 1 aliphatic rings. The molecule has 0 aromatic heterocycles. The number of fused-ring (bicyclic) bond motifs is 1. The maximum atomic E-state index is 15.0. The van der Waals surface area contributed by atoms with E-state index in [1.54, 1.807) is 48.5 Å². The van der Waals surface area contributed by atoms with Gasteiger partial charge >= 0.3 is 5.97 Å². The van der Waals surface area contributed by atoms with Gasteiger partial charge in [-0.2, -0.15) is 0 Å². The van der Waals surface area contributed by atoms with Crippen LogP contribution in [0.15, 0.2) is 71.2 Å². The van der Waals surface area contributed by atoms with Crippen LogP contribution in [-0.2, 0) is 9.59 Å².